The first-order valence-corrected chi connectivity index (χ1v) is 7.53. The van der Waals surface area contributed by atoms with Gasteiger partial charge in [-0.05, 0) is 7.05 Å². The lowest BCUT2D eigenvalue weighted by Gasteiger charge is -2.40. The van der Waals surface area contributed by atoms with Crippen LogP contribution in [-0.4, -0.2) is 123 Å². The highest BCUT2D eigenvalue weighted by atomic mass is 16.7. The zero-order valence-electron chi connectivity index (χ0n) is 13.2. The second-order valence-electron chi connectivity index (χ2n) is 5.70. The monoisotopic (exact) mass is 357 g/mol. The highest BCUT2D eigenvalue weighted by molar-refractivity contribution is 4.89. The van der Waals surface area contributed by atoms with Crippen molar-refractivity contribution in [3.8, 4) is 0 Å². The molecule has 1 aliphatic rings. The third kappa shape index (κ3) is 5.28. The molecule has 9 atom stereocenters. The molecule has 9 N–H and O–H groups in total. The van der Waals surface area contributed by atoms with E-state index in [4.69, 9.17) is 14.6 Å². The van der Waals surface area contributed by atoms with Gasteiger partial charge in [-0.1, -0.05) is 0 Å². The lowest BCUT2D eigenvalue weighted by Crippen LogP contribution is -2.59. The van der Waals surface area contributed by atoms with Crippen molar-refractivity contribution in [3.05, 3.63) is 0 Å². The second kappa shape index (κ2) is 9.89. The van der Waals surface area contributed by atoms with Crippen molar-refractivity contribution in [3.63, 3.8) is 0 Å². The molecule has 0 aromatic rings. The van der Waals surface area contributed by atoms with E-state index < -0.39 is 68.3 Å². The van der Waals surface area contributed by atoms with Crippen molar-refractivity contribution in [2.45, 2.75) is 55.1 Å². The molecular weight excluding hydrogens is 330 g/mol. The number of ether oxygens (including phenoxy) is 2. The van der Waals surface area contributed by atoms with E-state index in [1.165, 1.54) is 7.05 Å². The molecule has 0 aliphatic carbocycles. The fourth-order valence-electron chi connectivity index (χ4n) is 2.28. The Morgan fingerprint density at radius 3 is 2.08 bits per heavy atom. The largest absolute Gasteiger partial charge is 0.394 e. The van der Waals surface area contributed by atoms with Gasteiger partial charge in [-0.25, -0.2) is 0 Å². The molecular formula is C13H27NO10. The first-order chi connectivity index (χ1) is 11.2. The van der Waals surface area contributed by atoms with Gasteiger partial charge < -0.3 is 55.6 Å². The average Bonchev–Trinajstić information content (AvgIpc) is 2.57. The van der Waals surface area contributed by atoms with Crippen molar-refractivity contribution in [1.82, 2.24) is 5.32 Å². The maximum absolute atomic E-state index is 9.80. The van der Waals surface area contributed by atoms with E-state index in [9.17, 15) is 35.7 Å². The minimum atomic E-state index is -1.74. The van der Waals surface area contributed by atoms with Gasteiger partial charge in [-0.3, -0.25) is 0 Å². The van der Waals surface area contributed by atoms with Crippen molar-refractivity contribution in [2.24, 2.45) is 0 Å². The van der Waals surface area contributed by atoms with Crippen LogP contribution in [0.25, 0.3) is 0 Å². The maximum atomic E-state index is 9.80. The van der Waals surface area contributed by atoms with Crippen LogP contribution in [0.3, 0.4) is 0 Å². The molecule has 0 bridgehead atoms. The minimum absolute atomic E-state index is 0.0154. The van der Waals surface area contributed by atoms with Crippen LogP contribution in [0.4, 0.5) is 0 Å². The molecule has 0 amide bonds. The summed E-state index contributed by atoms with van der Waals surface area (Å²) in [6.45, 7) is -1.25. The van der Waals surface area contributed by atoms with Crippen molar-refractivity contribution in [1.29, 1.82) is 0 Å². The SMILES string of the molecule is CNC[C@H](O)[C@@H](O)[C@H](O)[C@H](O)CO[C@@H]1O[C@@H](CO)[C@H](O)[C@@H](O)[C@@H]1O. The summed E-state index contributed by atoms with van der Waals surface area (Å²) in [7, 11) is 1.53. The Balaban J connectivity index is 2.54. The van der Waals surface area contributed by atoms with Crippen LogP contribution in [0.1, 0.15) is 0 Å². The summed E-state index contributed by atoms with van der Waals surface area (Å²) >= 11 is 0. The standard InChI is InChI=1S/C13H27NO10/c1-14-2-5(16)8(18)9(19)6(17)4-23-13-12(22)11(21)10(20)7(3-15)24-13/h5-22H,2-4H2,1H3/t5-,6+,7-,8+,9+,10-,11+,12-,13+/m0/s1. The molecule has 0 radical (unpaired) electrons. The van der Waals surface area contributed by atoms with Gasteiger partial charge in [0.05, 0.1) is 19.3 Å². The Kier molecular flexibility index (Phi) is 8.90. The van der Waals surface area contributed by atoms with Crippen LogP contribution in [-0.2, 0) is 9.47 Å². The summed E-state index contributed by atoms with van der Waals surface area (Å²) in [6.07, 6.45) is -13.8. The molecule has 1 heterocycles. The smallest absolute Gasteiger partial charge is 0.186 e. The molecule has 0 aromatic heterocycles. The van der Waals surface area contributed by atoms with Crippen LogP contribution in [0.2, 0.25) is 0 Å². The summed E-state index contributed by atoms with van der Waals surface area (Å²) in [4.78, 5) is 0. The summed E-state index contributed by atoms with van der Waals surface area (Å²) in [5.41, 5.74) is 0. The molecule has 1 saturated heterocycles. The van der Waals surface area contributed by atoms with E-state index in [1.807, 2.05) is 0 Å². The van der Waals surface area contributed by atoms with Gasteiger partial charge in [0.15, 0.2) is 6.29 Å². The van der Waals surface area contributed by atoms with E-state index in [0.29, 0.717) is 0 Å². The summed E-state index contributed by atoms with van der Waals surface area (Å²) in [5, 5.41) is 79.4. The number of hydrogen-bond donors (Lipinski definition) is 9. The van der Waals surface area contributed by atoms with E-state index in [2.05, 4.69) is 5.32 Å². The van der Waals surface area contributed by atoms with Crippen molar-refractivity contribution in [2.75, 3.05) is 26.8 Å². The molecule has 144 valence electrons. The lowest BCUT2D eigenvalue weighted by atomic mass is 9.99. The van der Waals surface area contributed by atoms with Crippen LogP contribution >= 0.6 is 0 Å². The van der Waals surface area contributed by atoms with E-state index >= 15 is 0 Å². The highest BCUT2D eigenvalue weighted by Crippen LogP contribution is 2.22. The Morgan fingerprint density at radius 2 is 1.54 bits per heavy atom. The Labute approximate surface area is 138 Å². The predicted octanol–water partition coefficient (Wildman–Crippen LogP) is -5.53. The minimum Gasteiger partial charge on any atom is -0.394 e. The summed E-state index contributed by atoms with van der Waals surface area (Å²) in [6, 6.07) is 0. The normalized spacial score (nSPS) is 36.1. The fraction of sp³-hybridized carbons (Fsp3) is 1.00. The molecule has 11 heteroatoms. The fourth-order valence-corrected chi connectivity index (χ4v) is 2.28. The average molecular weight is 357 g/mol. The molecule has 0 aromatic carbocycles. The topological polar surface area (TPSA) is 192 Å². The Hall–Kier alpha value is -0.440. The molecule has 0 unspecified atom stereocenters. The van der Waals surface area contributed by atoms with Crippen molar-refractivity contribution < 1.29 is 50.3 Å². The number of rotatable bonds is 9. The zero-order valence-corrected chi connectivity index (χ0v) is 13.2. The summed E-state index contributed by atoms with van der Waals surface area (Å²) < 4.78 is 10.1. The summed E-state index contributed by atoms with van der Waals surface area (Å²) in [5.74, 6) is 0. The number of nitrogens with one attached hydrogen (secondary N) is 1. The predicted molar refractivity (Wildman–Crippen MR) is 77.7 cm³/mol. The molecule has 24 heavy (non-hydrogen) atoms. The Bertz CT molecular complexity index is 360. The molecule has 11 nitrogen and oxygen atoms in total. The first kappa shape index (κ1) is 21.6. The van der Waals surface area contributed by atoms with Gasteiger partial charge in [0, 0.05) is 6.54 Å². The van der Waals surface area contributed by atoms with E-state index in [1.54, 1.807) is 0 Å². The zero-order chi connectivity index (χ0) is 18.4. The van der Waals surface area contributed by atoms with Crippen molar-refractivity contribution >= 4 is 0 Å². The number of likely N-dealkylation sites (N-methyl/N-ethyl adjacent to an activating group) is 1. The molecule has 1 fully saturated rings. The second-order valence-corrected chi connectivity index (χ2v) is 5.70. The van der Waals surface area contributed by atoms with Gasteiger partial charge in [0.2, 0.25) is 0 Å². The van der Waals surface area contributed by atoms with Gasteiger partial charge in [0.25, 0.3) is 0 Å². The van der Waals surface area contributed by atoms with E-state index in [-0.39, 0.29) is 6.54 Å². The third-order valence-corrected chi connectivity index (χ3v) is 3.83. The first-order valence-electron chi connectivity index (χ1n) is 7.53. The van der Waals surface area contributed by atoms with Gasteiger partial charge in [-0.15, -0.1) is 0 Å². The number of aliphatic hydroxyl groups is 8. The van der Waals surface area contributed by atoms with Gasteiger partial charge in [-0.2, -0.15) is 0 Å². The quantitative estimate of drug-likeness (QED) is 0.191. The van der Waals surface area contributed by atoms with Crippen LogP contribution in [0.15, 0.2) is 0 Å². The van der Waals surface area contributed by atoms with Gasteiger partial charge >= 0.3 is 0 Å². The number of aliphatic hydroxyl groups excluding tert-OH is 8. The molecule has 1 aliphatic heterocycles. The van der Waals surface area contributed by atoms with Crippen LogP contribution in [0, 0.1) is 0 Å². The van der Waals surface area contributed by atoms with Crippen LogP contribution in [0.5, 0.6) is 0 Å². The number of hydrogen-bond acceptors (Lipinski definition) is 11. The molecule has 1 rings (SSSR count). The third-order valence-electron chi connectivity index (χ3n) is 3.83. The Morgan fingerprint density at radius 1 is 0.958 bits per heavy atom. The van der Waals surface area contributed by atoms with Gasteiger partial charge in [0.1, 0.15) is 42.7 Å². The highest BCUT2D eigenvalue weighted by Gasteiger charge is 2.44. The van der Waals surface area contributed by atoms with E-state index in [0.717, 1.165) is 0 Å². The maximum Gasteiger partial charge on any atom is 0.186 e. The molecule has 0 spiro atoms. The lowest BCUT2D eigenvalue weighted by molar-refractivity contribution is -0.306. The van der Waals surface area contributed by atoms with Crippen LogP contribution < -0.4 is 5.32 Å². The molecule has 0 saturated carbocycles.